The zero-order chi connectivity index (χ0) is 23.4. The number of hydrogen-bond donors (Lipinski definition) is 1. The van der Waals surface area contributed by atoms with E-state index in [9.17, 15) is 18.0 Å². The largest absolute Gasteiger partial charge is 0.416 e. The molecule has 0 spiro atoms. The lowest BCUT2D eigenvalue weighted by Gasteiger charge is -2.30. The van der Waals surface area contributed by atoms with Crippen LogP contribution in [-0.4, -0.2) is 62.4 Å². The molecule has 2 heterocycles. The molecule has 1 aliphatic carbocycles. The molecule has 4 atom stereocenters. The first kappa shape index (κ1) is 24.2. The van der Waals surface area contributed by atoms with Crippen molar-refractivity contribution in [3.8, 4) is 0 Å². The fourth-order valence-corrected chi connectivity index (χ4v) is 5.41. The summed E-state index contributed by atoms with van der Waals surface area (Å²) in [6.07, 6.45) is 2.27. The Morgan fingerprint density at radius 3 is 2.67 bits per heavy atom. The monoisotopic (exact) mass is 466 g/mol. The Kier molecular flexibility index (Phi) is 7.76. The number of amides is 1. The first-order valence-electron chi connectivity index (χ1n) is 11.9. The van der Waals surface area contributed by atoms with Gasteiger partial charge in [-0.2, -0.15) is 13.2 Å². The fourth-order valence-electron chi connectivity index (χ4n) is 5.41. The number of carbonyl (C=O) groups excluding carboxylic acids is 1. The van der Waals surface area contributed by atoms with Gasteiger partial charge in [0, 0.05) is 51.4 Å². The van der Waals surface area contributed by atoms with Crippen LogP contribution in [0, 0.1) is 5.92 Å². The maximum atomic E-state index is 13.4. The second-order valence-corrected chi connectivity index (χ2v) is 9.25. The van der Waals surface area contributed by atoms with Crippen LogP contribution in [0.25, 0.3) is 5.57 Å². The minimum atomic E-state index is -4.39. The van der Waals surface area contributed by atoms with Crippen molar-refractivity contribution >= 4 is 11.5 Å². The minimum Gasteiger partial charge on any atom is -0.381 e. The van der Waals surface area contributed by atoms with E-state index in [1.807, 2.05) is 0 Å². The van der Waals surface area contributed by atoms with Crippen LogP contribution in [0.3, 0.4) is 0 Å². The van der Waals surface area contributed by atoms with Crippen molar-refractivity contribution in [2.45, 2.75) is 62.9 Å². The Labute approximate surface area is 193 Å². The van der Waals surface area contributed by atoms with Crippen molar-refractivity contribution in [2.75, 3.05) is 33.4 Å². The van der Waals surface area contributed by atoms with Crippen molar-refractivity contribution in [1.29, 1.82) is 0 Å². The summed E-state index contributed by atoms with van der Waals surface area (Å²) in [7, 11) is 1.73. The number of ether oxygens (including phenoxy) is 2. The molecule has 2 fully saturated rings. The Hall–Kier alpha value is -1.90. The van der Waals surface area contributed by atoms with E-state index in [4.69, 9.17) is 9.47 Å². The van der Waals surface area contributed by atoms with Crippen molar-refractivity contribution in [2.24, 2.45) is 5.92 Å². The lowest BCUT2D eigenvalue weighted by molar-refractivity contribution is -0.138. The summed E-state index contributed by atoms with van der Waals surface area (Å²) >= 11 is 0. The van der Waals surface area contributed by atoms with Crippen molar-refractivity contribution in [1.82, 2.24) is 10.2 Å². The molecule has 5 nitrogen and oxygen atoms in total. The molecule has 1 N–H and O–H groups in total. The van der Waals surface area contributed by atoms with Gasteiger partial charge in [-0.3, -0.25) is 4.79 Å². The van der Waals surface area contributed by atoms with Crippen molar-refractivity contribution < 1.29 is 27.4 Å². The molecule has 4 rings (SSSR count). The minimum absolute atomic E-state index is 0.0389. The Balaban J connectivity index is 1.34. The van der Waals surface area contributed by atoms with Gasteiger partial charge in [-0.05, 0) is 55.7 Å². The van der Waals surface area contributed by atoms with Gasteiger partial charge in [-0.15, -0.1) is 0 Å². The van der Waals surface area contributed by atoms with Gasteiger partial charge in [0.15, 0.2) is 0 Å². The molecule has 1 saturated carbocycles. The predicted molar refractivity (Wildman–Crippen MR) is 120 cm³/mol. The maximum Gasteiger partial charge on any atom is 0.416 e. The number of halogens is 3. The second-order valence-electron chi connectivity index (χ2n) is 9.25. The molecule has 8 heteroatoms. The molecule has 1 amide bonds. The lowest BCUT2D eigenvalue weighted by atomic mass is 9.94. The number of alkyl halides is 3. The maximum absolute atomic E-state index is 13.4. The average molecular weight is 467 g/mol. The number of hydrogen-bond acceptors (Lipinski definition) is 4. The zero-order valence-electron chi connectivity index (χ0n) is 19.1. The number of rotatable bonds is 5. The topological polar surface area (TPSA) is 50.8 Å². The standard InChI is InChI=1S/C25H33F3N2O3/c1-32-23-11-15-33-14-10-22(23)29-19-7-6-18(16-19)24(31)30-12-8-17(9-13-30)20-4-2-3-5-21(20)25(26,27)28/h2-5,8,18-19,22-23,29H,6-7,9-16H2,1H3. The molecule has 1 saturated heterocycles. The predicted octanol–water partition coefficient (Wildman–Crippen LogP) is 4.27. The fraction of sp³-hybridized carbons (Fsp3) is 0.640. The third-order valence-corrected chi connectivity index (χ3v) is 7.20. The van der Waals surface area contributed by atoms with E-state index in [2.05, 4.69) is 5.32 Å². The molecule has 182 valence electrons. The van der Waals surface area contributed by atoms with Gasteiger partial charge in [0.1, 0.15) is 0 Å². The third-order valence-electron chi connectivity index (χ3n) is 7.20. The first-order valence-corrected chi connectivity index (χ1v) is 11.9. The van der Waals surface area contributed by atoms with E-state index in [1.54, 1.807) is 24.2 Å². The van der Waals surface area contributed by atoms with E-state index in [0.29, 0.717) is 38.3 Å². The van der Waals surface area contributed by atoms with Crippen LogP contribution >= 0.6 is 0 Å². The van der Waals surface area contributed by atoms with Gasteiger partial charge in [-0.1, -0.05) is 24.3 Å². The summed E-state index contributed by atoms with van der Waals surface area (Å²) < 4.78 is 51.3. The van der Waals surface area contributed by atoms with Crippen molar-refractivity contribution in [3.05, 3.63) is 41.5 Å². The summed E-state index contributed by atoms with van der Waals surface area (Å²) in [5.41, 5.74) is 0.278. The molecule has 4 unspecified atom stereocenters. The van der Waals surface area contributed by atoms with Gasteiger partial charge in [0.05, 0.1) is 11.7 Å². The summed E-state index contributed by atoms with van der Waals surface area (Å²) in [4.78, 5) is 14.9. The average Bonchev–Trinajstić information content (AvgIpc) is 3.16. The number of methoxy groups -OCH3 is 1. The molecular formula is C25H33F3N2O3. The van der Waals surface area contributed by atoms with Crippen LogP contribution in [0.15, 0.2) is 30.3 Å². The smallest absolute Gasteiger partial charge is 0.381 e. The molecule has 33 heavy (non-hydrogen) atoms. The van der Waals surface area contributed by atoms with Gasteiger partial charge in [-0.25, -0.2) is 0 Å². The highest BCUT2D eigenvalue weighted by atomic mass is 19.4. The molecule has 1 aromatic rings. The first-order chi connectivity index (χ1) is 15.9. The van der Waals surface area contributed by atoms with E-state index in [-0.39, 0.29) is 35.6 Å². The van der Waals surface area contributed by atoms with Gasteiger partial charge in [0.2, 0.25) is 5.91 Å². The zero-order valence-corrected chi connectivity index (χ0v) is 19.1. The van der Waals surface area contributed by atoms with Crippen LogP contribution < -0.4 is 5.32 Å². The van der Waals surface area contributed by atoms with E-state index in [1.165, 1.54) is 12.1 Å². The number of carbonyl (C=O) groups is 1. The highest BCUT2D eigenvalue weighted by Crippen LogP contribution is 2.37. The number of nitrogens with zero attached hydrogens (tertiary/aromatic N) is 1. The van der Waals surface area contributed by atoms with Crippen LogP contribution in [0.4, 0.5) is 13.2 Å². The van der Waals surface area contributed by atoms with Crippen LogP contribution in [0.5, 0.6) is 0 Å². The molecule has 0 bridgehead atoms. The highest BCUT2D eigenvalue weighted by molar-refractivity contribution is 5.81. The number of nitrogens with one attached hydrogen (secondary N) is 1. The molecular weight excluding hydrogens is 433 g/mol. The Bertz CT molecular complexity index is 858. The summed E-state index contributed by atoms with van der Waals surface area (Å²) in [5.74, 6) is 0.0779. The highest BCUT2D eigenvalue weighted by Gasteiger charge is 2.37. The third kappa shape index (κ3) is 5.78. The molecule has 0 radical (unpaired) electrons. The molecule has 2 aliphatic heterocycles. The Morgan fingerprint density at radius 2 is 1.94 bits per heavy atom. The van der Waals surface area contributed by atoms with Crippen molar-refractivity contribution in [3.63, 3.8) is 0 Å². The summed E-state index contributed by atoms with van der Waals surface area (Å²) in [6.45, 7) is 2.24. The van der Waals surface area contributed by atoms with Crippen LogP contribution in [-0.2, 0) is 20.4 Å². The normalized spacial score (nSPS) is 29.0. The Morgan fingerprint density at radius 1 is 1.15 bits per heavy atom. The van der Waals surface area contributed by atoms with Gasteiger partial charge in [0.25, 0.3) is 0 Å². The van der Waals surface area contributed by atoms with E-state index < -0.39 is 11.7 Å². The summed E-state index contributed by atoms with van der Waals surface area (Å²) in [6, 6.07) is 6.18. The van der Waals surface area contributed by atoms with E-state index >= 15 is 0 Å². The van der Waals surface area contributed by atoms with Crippen LogP contribution in [0.2, 0.25) is 0 Å². The van der Waals surface area contributed by atoms with Gasteiger partial charge < -0.3 is 19.7 Å². The second kappa shape index (κ2) is 10.6. The molecule has 0 aromatic heterocycles. The molecule has 1 aromatic carbocycles. The van der Waals surface area contributed by atoms with E-state index in [0.717, 1.165) is 38.2 Å². The molecule has 3 aliphatic rings. The summed E-state index contributed by atoms with van der Waals surface area (Å²) in [5, 5.41) is 3.70. The SMILES string of the molecule is COC1CCOCCC1NC1CCC(C(=O)N2CC=C(c3ccccc3C(F)(F)F)CC2)C1. The lowest BCUT2D eigenvalue weighted by Crippen LogP contribution is -2.46. The number of benzene rings is 1. The van der Waals surface area contributed by atoms with Crippen LogP contribution in [0.1, 0.15) is 49.7 Å². The van der Waals surface area contributed by atoms with Gasteiger partial charge >= 0.3 is 6.18 Å². The quantitative estimate of drug-likeness (QED) is 0.704.